The van der Waals surface area contributed by atoms with E-state index in [1.54, 1.807) is 7.11 Å². The number of benzene rings is 1. The zero-order valence-electron chi connectivity index (χ0n) is 14.5. The standard InChI is InChI=1S/C18H22N4O2S/c1-4-9-22-17(13-6-7-13)20-21-18(22)25-11-16(23)19-14-10-12(2)5-8-15(14)24-3/h4-5,8,10,13H,1,6-7,9,11H2,2-3H3,(H,19,23). The number of carbonyl (C=O) groups excluding carboxylic acids is 1. The fraction of sp³-hybridized carbons (Fsp3) is 0.389. The van der Waals surface area contributed by atoms with Crippen LogP contribution in [0.3, 0.4) is 0 Å². The van der Waals surface area contributed by atoms with Crippen LogP contribution in [-0.4, -0.2) is 33.5 Å². The minimum atomic E-state index is -0.102. The van der Waals surface area contributed by atoms with Crippen LogP contribution in [0.15, 0.2) is 36.0 Å². The number of carbonyl (C=O) groups is 1. The molecular formula is C18H22N4O2S. The molecule has 1 aliphatic carbocycles. The number of rotatable bonds is 8. The number of methoxy groups -OCH3 is 1. The van der Waals surface area contributed by atoms with Crippen molar-refractivity contribution in [3.05, 3.63) is 42.2 Å². The summed E-state index contributed by atoms with van der Waals surface area (Å²) in [7, 11) is 1.59. The molecule has 132 valence electrons. The molecule has 0 saturated heterocycles. The number of ether oxygens (including phenoxy) is 1. The molecule has 0 spiro atoms. The first-order valence-electron chi connectivity index (χ1n) is 8.23. The van der Waals surface area contributed by atoms with E-state index in [4.69, 9.17) is 4.74 Å². The molecule has 6 nitrogen and oxygen atoms in total. The number of nitrogens with zero attached hydrogens (tertiary/aromatic N) is 3. The third kappa shape index (κ3) is 4.22. The molecule has 1 heterocycles. The first kappa shape index (κ1) is 17.5. The normalized spacial score (nSPS) is 13.5. The smallest absolute Gasteiger partial charge is 0.234 e. The molecule has 25 heavy (non-hydrogen) atoms. The van der Waals surface area contributed by atoms with Crippen molar-refractivity contribution in [1.29, 1.82) is 0 Å². The molecule has 1 saturated carbocycles. The highest BCUT2D eigenvalue weighted by molar-refractivity contribution is 7.99. The summed E-state index contributed by atoms with van der Waals surface area (Å²) in [6.45, 7) is 6.43. The summed E-state index contributed by atoms with van der Waals surface area (Å²) in [6, 6.07) is 5.69. The molecule has 0 aliphatic heterocycles. The molecule has 1 aromatic heterocycles. The minimum absolute atomic E-state index is 0.102. The average molecular weight is 358 g/mol. The summed E-state index contributed by atoms with van der Waals surface area (Å²) < 4.78 is 7.34. The van der Waals surface area contributed by atoms with Crippen LogP contribution in [0.25, 0.3) is 0 Å². The number of amides is 1. The lowest BCUT2D eigenvalue weighted by molar-refractivity contribution is -0.113. The Labute approximate surface area is 151 Å². The highest BCUT2D eigenvalue weighted by Crippen LogP contribution is 2.40. The number of allylic oxidation sites excluding steroid dienone is 1. The monoisotopic (exact) mass is 358 g/mol. The number of hydrogen-bond acceptors (Lipinski definition) is 5. The van der Waals surface area contributed by atoms with Crippen LogP contribution in [0.1, 0.15) is 30.1 Å². The van der Waals surface area contributed by atoms with Crippen molar-refractivity contribution in [2.45, 2.75) is 37.4 Å². The van der Waals surface area contributed by atoms with Crippen molar-refractivity contribution >= 4 is 23.4 Å². The summed E-state index contributed by atoms with van der Waals surface area (Å²) in [6.07, 6.45) is 4.15. The first-order chi connectivity index (χ1) is 12.1. The lowest BCUT2D eigenvalue weighted by Gasteiger charge is -2.11. The quantitative estimate of drug-likeness (QED) is 0.579. The van der Waals surface area contributed by atoms with E-state index in [2.05, 4.69) is 26.7 Å². The van der Waals surface area contributed by atoms with E-state index in [-0.39, 0.29) is 11.7 Å². The van der Waals surface area contributed by atoms with Crippen LogP contribution in [0.5, 0.6) is 5.75 Å². The Bertz CT molecular complexity index is 783. The molecule has 0 radical (unpaired) electrons. The number of aromatic nitrogens is 3. The van der Waals surface area contributed by atoms with Crippen LogP contribution < -0.4 is 10.1 Å². The predicted molar refractivity (Wildman–Crippen MR) is 99.3 cm³/mol. The van der Waals surface area contributed by atoms with Gasteiger partial charge in [0.15, 0.2) is 5.16 Å². The Balaban J connectivity index is 1.65. The summed E-state index contributed by atoms with van der Waals surface area (Å²) in [5.41, 5.74) is 1.74. The van der Waals surface area contributed by atoms with Crippen molar-refractivity contribution in [2.24, 2.45) is 0 Å². The van der Waals surface area contributed by atoms with Gasteiger partial charge >= 0.3 is 0 Å². The lowest BCUT2D eigenvalue weighted by Crippen LogP contribution is -2.15. The van der Waals surface area contributed by atoms with E-state index in [1.165, 1.54) is 11.8 Å². The number of aryl methyl sites for hydroxylation is 1. The van der Waals surface area contributed by atoms with Gasteiger partial charge in [-0.1, -0.05) is 23.9 Å². The molecule has 7 heteroatoms. The highest BCUT2D eigenvalue weighted by Gasteiger charge is 2.30. The molecule has 0 atom stereocenters. The zero-order valence-corrected chi connectivity index (χ0v) is 15.3. The number of nitrogens with one attached hydrogen (secondary N) is 1. The molecule has 3 rings (SSSR count). The Morgan fingerprint density at radius 1 is 1.48 bits per heavy atom. The van der Waals surface area contributed by atoms with E-state index in [1.807, 2.05) is 31.2 Å². The summed E-state index contributed by atoms with van der Waals surface area (Å²) in [5, 5.41) is 12.2. The molecule has 1 fully saturated rings. The highest BCUT2D eigenvalue weighted by atomic mass is 32.2. The van der Waals surface area contributed by atoms with Gasteiger partial charge in [0.2, 0.25) is 5.91 Å². The van der Waals surface area contributed by atoms with Gasteiger partial charge in [0, 0.05) is 12.5 Å². The van der Waals surface area contributed by atoms with Crippen LogP contribution >= 0.6 is 11.8 Å². The summed E-state index contributed by atoms with van der Waals surface area (Å²) in [5.74, 6) is 2.32. The maximum atomic E-state index is 12.3. The Hall–Kier alpha value is -2.28. The Morgan fingerprint density at radius 3 is 2.96 bits per heavy atom. The van der Waals surface area contributed by atoms with E-state index in [0.29, 0.717) is 23.9 Å². The van der Waals surface area contributed by atoms with Crippen molar-refractivity contribution in [3.63, 3.8) is 0 Å². The van der Waals surface area contributed by atoms with Gasteiger partial charge in [-0.25, -0.2) is 0 Å². The van der Waals surface area contributed by atoms with Crippen molar-refractivity contribution in [2.75, 3.05) is 18.2 Å². The van der Waals surface area contributed by atoms with Gasteiger partial charge < -0.3 is 14.6 Å². The molecule has 0 bridgehead atoms. The molecule has 0 unspecified atom stereocenters. The van der Waals surface area contributed by atoms with Gasteiger partial charge in [-0.2, -0.15) is 0 Å². The van der Waals surface area contributed by atoms with Crippen molar-refractivity contribution < 1.29 is 9.53 Å². The largest absolute Gasteiger partial charge is 0.495 e. The van der Waals surface area contributed by atoms with E-state index in [9.17, 15) is 4.79 Å². The minimum Gasteiger partial charge on any atom is -0.495 e. The maximum absolute atomic E-state index is 12.3. The van der Waals surface area contributed by atoms with Crippen LogP contribution in [0, 0.1) is 6.92 Å². The van der Waals surface area contributed by atoms with Gasteiger partial charge in [0.05, 0.1) is 18.6 Å². The number of thioether (sulfide) groups is 1. The van der Waals surface area contributed by atoms with Crippen LogP contribution in [0.4, 0.5) is 5.69 Å². The summed E-state index contributed by atoms with van der Waals surface area (Å²) in [4.78, 5) is 12.3. The molecule has 1 aliphatic rings. The third-order valence-corrected chi connectivity index (χ3v) is 4.93. The van der Waals surface area contributed by atoms with Gasteiger partial charge in [0.1, 0.15) is 11.6 Å². The topological polar surface area (TPSA) is 69.0 Å². The maximum Gasteiger partial charge on any atom is 0.234 e. The van der Waals surface area contributed by atoms with E-state index in [0.717, 1.165) is 29.4 Å². The second kappa shape index (κ2) is 7.74. The fourth-order valence-corrected chi connectivity index (χ4v) is 3.34. The number of hydrogen-bond donors (Lipinski definition) is 1. The average Bonchev–Trinajstić information content (AvgIpc) is 3.36. The SMILES string of the molecule is C=CCn1c(SCC(=O)Nc2cc(C)ccc2OC)nnc1C1CC1. The molecular weight excluding hydrogens is 336 g/mol. The Morgan fingerprint density at radius 2 is 2.28 bits per heavy atom. The fourth-order valence-electron chi connectivity index (χ4n) is 2.59. The predicted octanol–water partition coefficient (Wildman–Crippen LogP) is 3.39. The lowest BCUT2D eigenvalue weighted by atomic mass is 10.2. The van der Waals surface area contributed by atoms with Crippen molar-refractivity contribution in [3.8, 4) is 5.75 Å². The second-order valence-electron chi connectivity index (χ2n) is 6.05. The van der Waals surface area contributed by atoms with Gasteiger partial charge in [-0.05, 0) is 37.5 Å². The molecule has 1 amide bonds. The van der Waals surface area contributed by atoms with Crippen LogP contribution in [0.2, 0.25) is 0 Å². The zero-order chi connectivity index (χ0) is 17.8. The molecule has 2 aromatic rings. The number of anilines is 1. The first-order valence-corrected chi connectivity index (χ1v) is 9.22. The second-order valence-corrected chi connectivity index (χ2v) is 7.00. The molecule has 1 N–H and O–H groups in total. The van der Waals surface area contributed by atoms with Gasteiger partial charge in [-0.3, -0.25) is 4.79 Å². The van der Waals surface area contributed by atoms with Crippen LogP contribution in [-0.2, 0) is 11.3 Å². The van der Waals surface area contributed by atoms with Gasteiger partial charge in [0.25, 0.3) is 0 Å². The van der Waals surface area contributed by atoms with Crippen molar-refractivity contribution in [1.82, 2.24) is 14.8 Å². The van der Waals surface area contributed by atoms with E-state index >= 15 is 0 Å². The van der Waals surface area contributed by atoms with Gasteiger partial charge in [-0.15, -0.1) is 16.8 Å². The Kier molecular flexibility index (Phi) is 5.43. The molecule has 1 aromatic carbocycles. The third-order valence-electron chi connectivity index (χ3n) is 3.96. The summed E-state index contributed by atoms with van der Waals surface area (Å²) >= 11 is 1.39. The van der Waals surface area contributed by atoms with E-state index < -0.39 is 0 Å².